The Kier molecular flexibility index (Phi) is 8.17. The molecule has 48 heavy (non-hydrogen) atoms. The van der Waals surface area contributed by atoms with Gasteiger partial charge < -0.3 is 9.64 Å². The molecule has 8 rings (SSSR count). The molecule has 5 heterocycles. The van der Waals surface area contributed by atoms with Crippen molar-refractivity contribution >= 4 is 31.4 Å². The maximum Gasteiger partial charge on any atom is 0.295 e. The molecule has 5 aliphatic rings. The molecule has 3 aromatic carbocycles. The molecule has 9 nitrogen and oxygen atoms in total. The third-order valence-corrected chi connectivity index (χ3v) is 13.2. The van der Waals surface area contributed by atoms with Gasteiger partial charge in [0.05, 0.1) is 10.5 Å². The molecule has 0 spiro atoms. The number of benzene rings is 3. The standard InChI is InChI=1S/C37H43N3O6S2/c1-2-3-4-5-16-38-47(41,42)26-14-15-27(32(23-26)48(43,44)45)33-30-21-24-10-6-17-39-19-8-12-28(34(24)39)36(30)46-37-29-13-9-20-40-18-7-11-25(35(29)40)22-31(33)37/h14-15,21-23,38H,2-13,16-20H2,1H3/p+1. The maximum absolute atomic E-state index is 13.4. The van der Waals surface area contributed by atoms with Gasteiger partial charge in [0, 0.05) is 71.2 Å². The topological polar surface area (TPSA) is 116 Å². The summed E-state index contributed by atoms with van der Waals surface area (Å²) in [6, 6.07) is 8.48. The first kappa shape index (κ1) is 32.0. The zero-order chi connectivity index (χ0) is 33.2. The number of nitrogens with one attached hydrogen (secondary N) is 1. The van der Waals surface area contributed by atoms with E-state index in [1.54, 1.807) is 6.07 Å². The van der Waals surface area contributed by atoms with Crippen LogP contribution in [0.25, 0.3) is 5.57 Å². The predicted molar refractivity (Wildman–Crippen MR) is 186 cm³/mol. The van der Waals surface area contributed by atoms with Gasteiger partial charge >= 0.3 is 0 Å². The van der Waals surface area contributed by atoms with Crippen molar-refractivity contribution in [2.75, 3.05) is 37.6 Å². The number of ether oxygens (including phenoxy) is 1. The van der Waals surface area contributed by atoms with Gasteiger partial charge in [-0.3, -0.25) is 4.55 Å². The molecule has 0 saturated carbocycles. The molecular formula is C37H44N3O6S2+. The minimum atomic E-state index is -4.83. The summed E-state index contributed by atoms with van der Waals surface area (Å²) in [5.41, 5.74) is 7.81. The number of unbranched alkanes of at least 4 members (excludes halogenated alkanes) is 3. The number of anilines is 1. The van der Waals surface area contributed by atoms with Crippen LogP contribution in [0.5, 0.6) is 11.5 Å². The Morgan fingerprint density at radius 1 is 0.833 bits per heavy atom. The van der Waals surface area contributed by atoms with Crippen LogP contribution >= 0.6 is 0 Å². The first-order valence-corrected chi connectivity index (χ1v) is 20.6. The molecule has 11 heteroatoms. The smallest absolute Gasteiger partial charge is 0.295 e. The molecule has 0 amide bonds. The summed E-state index contributed by atoms with van der Waals surface area (Å²) in [5.74, 6) is 1.53. The van der Waals surface area contributed by atoms with E-state index in [2.05, 4.69) is 33.3 Å². The maximum atomic E-state index is 13.4. The summed E-state index contributed by atoms with van der Waals surface area (Å²) in [7, 11) is -8.85. The third kappa shape index (κ3) is 5.37. The molecule has 0 aromatic heterocycles. The quantitative estimate of drug-likeness (QED) is 0.154. The van der Waals surface area contributed by atoms with E-state index in [1.165, 1.54) is 28.2 Å². The Balaban J connectivity index is 1.40. The van der Waals surface area contributed by atoms with Crippen LogP contribution in [0, 0.1) is 0 Å². The van der Waals surface area contributed by atoms with E-state index in [0.717, 1.165) is 136 Å². The van der Waals surface area contributed by atoms with Crippen molar-refractivity contribution in [2.45, 2.75) is 93.8 Å². The summed E-state index contributed by atoms with van der Waals surface area (Å²) in [6.45, 7) is 6.39. The highest BCUT2D eigenvalue weighted by molar-refractivity contribution is 7.89. The largest absolute Gasteiger partial charge is 0.455 e. The molecule has 5 aliphatic heterocycles. The highest BCUT2D eigenvalue weighted by Crippen LogP contribution is 2.49. The Bertz CT molecular complexity index is 2190. The van der Waals surface area contributed by atoms with Gasteiger partial charge in [-0.05, 0) is 74.8 Å². The van der Waals surface area contributed by atoms with E-state index in [4.69, 9.17) is 4.74 Å². The molecule has 0 atom stereocenters. The van der Waals surface area contributed by atoms with Crippen LogP contribution in [0.2, 0.25) is 0 Å². The summed E-state index contributed by atoms with van der Waals surface area (Å²) < 4.78 is 76.1. The Hall–Kier alpha value is -3.25. The van der Waals surface area contributed by atoms with Crippen molar-refractivity contribution in [3.05, 3.63) is 74.3 Å². The number of fused-ring (bicyclic) bond motifs is 4. The molecule has 0 saturated heterocycles. The van der Waals surface area contributed by atoms with E-state index in [1.807, 2.05) is 0 Å². The van der Waals surface area contributed by atoms with Crippen LogP contribution in [0.3, 0.4) is 0 Å². The van der Waals surface area contributed by atoms with Crippen molar-refractivity contribution in [2.24, 2.45) is 0 Å². The summed E-state index contributed by atoms with van der Waals surface area (Å²) in [4.78, 5) is 1.87. The lowest BCUT2D eigenvalue weighted by Gasteiger charge is -2.39. The number of rotatable bonds is 9. The minimum absolute atomic E-state index is 0.185. The number of hydrogen-bond acceptors (Lipinski definition) is 6. The summed E-state index contributed by atoms with van der Waals surface area (Å²) in [6.07, 6.45) is 11.3. The van der Waals surface area contributed by atoms with Gasteiger partial charge in [-0.25, -0.2) is 17.7 Å². The van der Waals surface area contributed by atoms with Crippen LogP contribution < -0.4 is 29.5 Å². The summed E-state index contributed by atoms with van der Waals surface area (Å²) >= 11 is 0. The Morgan fingerprint density at radius 2 is 1.58 bits per heavy atom. The second kappa shape index (κ2) is 12.3. The average Bonchev–Trinajstić information content (AvgIpc) is 3.07. The lowest BCUT2D eigenvalue weighted by atomic mass is 9.82. The van der Waals surface area contributed by atoms with E-state index in [9.17, 15) is 21.4 Å². The Labute approximate surface area is 283 Å². The lowest BCUT2D eigenvalue weighted by Crippen LogP contribution is -2.45. The van der Waals surface area contributed by atoms with Crippen molar-refractivity contribution in [3.63, 3.8) is 0 Å². The van der Waals surface area contributed by atoms with Crippen molar-refractivity contribution in [1.29, 1.82) is 0 Å². The predicted octanol–water partition coefficient (Wildman–Crippen LogP) is 4.23. The van der Waals surface area contributed by atoms with Gasteiger partial charge in [0.1, 0.15) is 29.5 Å². The van der Waals surface area contributed by atoms with Gasteiger partial charge in [0.25, 0.3) is 10.1 Å². The minimum Gasteiger partial charge on any atom is -0.455 e. The number of hydrogen-bond donors (Lipinski definition) is 2. The Morgan fingerprint density at radius 3 is 2.38 bits per heavy atom. The number of aryl methyl sites for hydroxylation is 2. The lowest BCUT2D eigenvalue weighted by molar-refractivity contribution is 0.431. The van der Waals surface area contributed by atoms with Crippen LogP contribution in [-0.4, -0.2) is 54.1 Å². The first-order valence-electron chi connectivity index (χ1n) is 17.7. The molecular weight excluding hydrogens is 647 g/mol. The zero-order valence-electron chi connectivity index (χ0n) is 27.6. The number of nitrogens with zero attached hydrogens (tertiary/aromatic N) is 2. The molecule has 3 aromatic rings. The van der Waals surface area contributed by atoms with E-state index in [-0.39, 0.29) is 17.0 Å². The first-order chi connectivity index (χ1) is 23.2. The highest BCUT2D eigenvalue weighted by Gasteiger charge is 2.37. The molecule has 0 unspecified atom stereocenters. The number of sulfonamides is 1. The van der Waals surface area contributed by atoms with Gasteiger partial charge in [-0.2, -0.15) is 8.42 Å². The fourth-order valence-corrected chi connectivity index (χ4v) is 10.6. The average molecular weight is 691 g/mol. The third-order valence-electron chi connectivity index (χ3n) is 10.8. The second-order valence-electron chi connectivity index (χ2n) is 13.9. The SMILES string of the molecule is CCCCCCNS(=O)(=O)c1ccc(C2=c3cc4c5c(c3Oc3c2cc2c6c3CCCN6CCC2)CCC[N+]=5CCC4)c(S(=O)(=O)O)c1. The molecule has 254 valence electrons. The molecule has 0 bridgehead atoms. The van der Waals surface area contributed by atoms with Crippen LogP contribution in [0.1, 0.15) is 91.7 Å². The fraction of sp³-hybridized carbons (Fsp3) is 0.486. The highest BCUT2D eigenvalue weighted by atomic mass is 32.2. The van der Waals surface area contributed by atoms with Crippen LogP contribution in [0.4, 0.5) is 5.69 Å². The van der Waals surface area contributed by atoms with Crippen LogP contribution in [0.15, 0.2) is 40.1 Å². The van der Waals surface area contributed by atoms with Crippen molar-refractivity contribution in [1.82, 2.24) is 9.30 Å². The monoisotopic (exact) mass is 690 g/mol. The van der Waals surface area contributed by atoms with Gasteiger partial charge in [0.15, 0.2) is 0 Å². The van der Waals surface area contributed by atoms with Gasteiger partial charge in [-0.15, -0.1) is 0 Å². The zero-order valence-corrected chi connectivity index (χ0v) is 29.2. The fourth-order valence-electron chi connectivity index (χ4n) is 8.74. The summed E-state index contributed by atoms with van der Waals surface area (Å²) in [5, 5.41) is 2.06. The van der Waals surface area contributed by atoms with E-state index >= 15 is 0 Å². The van der Waals surface area contributed by atoms with E-state index < -0.39 is 25.0 Å². The van der Waals surface area contributed by atoms with Gasteiger partial charge in [0.2, 0.25) is 15.4 Å². The van der Waals surface area contributed by atoms with Gasteiger partial charge in [-0.1, -0.05) is 32.3 Å². The second-order valence-corrected chi connectivity index (χ2v) is 17.1. The van der Waals surface area contributed by atoms with Crippen molar-refractivity contribution < 1.29 is 26.1 Å². The molecule has 0 aliphatic carbocycles. The molecule has 2 N–H and O–H groups in total. The van der Waals surface area contributed by atoms with Crippen molar-refractivity contribution in [3.8, 4) is 11.5 Å². The molecule has 0 radical (unpaired) electrons. The van der Waals surface area contributed by atoms with Crippen LogP contribution in [-0.2, 0) is 45.8 Å². The van der Waals surface area contributed by atoms with E-state index in [0.29, 0.717) is 12.0 Å². The normalized spacial score (nSPS) is 18.1. The molecule has 0 fully saturated rings.